The molecule has 2 rings (SSSR count). The van der Waals surface area contributed by atoms with Crippen molar-refractivity contribution >= 4 is 37.6 Å². The number of hydrogen-bond donors (Lipinski definition) is 0. The van der Waals surface area contributed by atoms with Crippen molar-refractivity contribution in [1.82, 2.24) is 0 Å². The molecule has 1 aromatic carbocycles. The van der Waals surface area contributed by atoms with Gasteiger partial charge in [-0.2, -0.15) is 0 Å². The summed E-state index contributed by atoms with van der Waals surface area (Å²) in [4.78, 5) is 11.8. The van der Waals surface area contributed by atoms with E-state index in [1.165, 1.54) is 0 Å². The van der Waals surface area contributed by atoms with Crippen molar-refractivity contribution in [2.75, 3.05) is 0 Å². The Labute approximate surface area is 98.9 Å². The molecule has 0 spiro atoms. The third kappa shape index (κ3) is 1.50. The summed E-state index contributed by atoms with van der Waals surface area (Å²) in [5.74, 6) is 0.745. The molecule has 0 N–H and O–H groups in total. The molecule has 1 atom stereocenters. The Morgan fingerprint density at radius 1 is 1.43 bits per heavy atom. The molecule has 1 unspecified atom stereocenters. The minimum Gasteiger partial charge on any atom is -0.480 e. The molecular formula is C10H8Br2O2. The minimum atomic E-state index is -0.310. The van der Waals surface area contributed by atoms with Gasteiger partial charge in [0.2, 0.25) is 5.78 Å². The van der Waals surface area contributed by atoms with Crippen molar-refractivity contribution in [3.05, 3.63) is 26.6 Å². The van der Waals surface area contributed by atoms with Crippen LogP contribution in [-0.4, -0.2) is 11.9 Å². The Kier molecular flexibility index (Phi) is 2.66. The van der Waals surface area contributed by atoms with Crippen molar-refractivity contribution in [2.45, 2.75) is 19.4 Å². The second-order valence-corrected chi connectivity index (χ2v) is 4.91. The lowest BCUT2D eigenvalue weighted by Gasteiger charge is -2.05. The minimum absolute atomic E-state index is 0.0736. The van der Waals surface area contributed by atoms with Crippen LogP contribution in [0.2, 0.25) is 0 Å². The number of ketones is 1. The maximum Gasteiger partial charge on any atom is 0.207 e. The van der Waals surface area contributed by atoms with E-state index in [2.05, 4.69) is 31.9 Å². The molecule has 74 valence electrons. The third-order valence-electron chi connectivity index (χ3n) is 2.20. The Morgan fingerprint density at radius 3 is 2.79 bits per heavy atom. The third-order valence-corrected chi connectivity index (χ3v) is 3.24. The number of ether oxygens (including phenoxy) is 1. The molecule has 2 nitrogen and oxygen atoms in total. The number of Topliss-reactive ketones (excluding diaryl/α,β-unsaturated/α-hetero) is 1. The molecule has 14 heavy (non-hydrogen) atoms. The second-order valence-electron chi connectivity index (χ2n) is 3.14. The van der Waals surface area contributed by atoms with Crippen LogP contribution in [0.15, 0.2) is 21.1 Å². The lowest BCUT2D eigenvalue weighted by atomic mass is 10.1. The molecular weight excluding hydrogens is 312 g/mol. The van der Waals surface area contributed by atoms with Crippen LogP contribution >= 0.6 is 31.9 Å². The summed E-state index contributed by atoms with van der Waals surface area (Å²) in [7, 11) is 0. The summed E-state index contributed by atoms with van der Waals surface area (Å²) in [6.07, 6.45) is 0.396. The standard InChI is InChI=1S/C10H8Br2O2/c1-2-8-9(13)6-3-5(11)4-7(12)10(6)14-8/h3-4,8H,2H2,1H3. The van der Waals surface area contributed by atoms with Crippen molar-refractivity contribution in [3.8, 4) is 5.75 Å². The fourth-order valence-electron chi connectivity index (χ4n) is 1.50. The lowest BCUT2D eigenvalue weighted by Crippen LogP contribution is -2.18. The highest BCUT2D eigenvalue weighted by Gasteiger charge is 2.32. The van der Waals surface area contributed by atoms with Gasteiger partial charge in [-0.3, -0.25) is 4.79 Å². The molecule has 0 saturated heterocycles. The first-order valence-electron chi connectivity index (χ1n) is 4.33. The summed E-state index contributed by atoms with van der Waals surface area (Å²) in [6.45, 7) is 1.94. The molecule has 0 aliphatic carbocycles. The van der Waals surface area contributed by atoms with Gasteiger partial charge in [0.25, 0.3) is 0 Å². The molecule has 0 fully saturated rings. The normalized spacial score (nSPS) is 19.4. The molecule has 1 aliphatic rings. The summed E-state index contributed by atoms with van der Waals surface area (Å²) in [5, 5.41) is 0. The Hall–Kier alpha value is -0.350. The maximum atomic E-state index is 11.8. The first-order valence-corrected chi connectivity index (χ1v) is 5.92. The highest BCUT2D eigenvalue weighted by Crippen LogP contribution is 2.39. The summed E-state index contributed by atoms with van der Waals surface area (Å²) < 4.78 is 7.25. The fraction of sp³-hybridized carbons (Fsp3) is 0.300. The summed E-state index contributed by atoms with van der Waals surface area (Å²) >= 11 is 6.72. The van der Waals surface area contributed by atoms with Crippen LogP contribution in [0.25, 0.3) is 0 Å². The maximum absolute atomic E-state index is 11.8. The monoisotopic (exact) mass is 318 g/mol. The summed E-state index contributed by atoms with van der Waals surface area (Å²) in [5.41, 5.74) is 0.665. The largest absolute Gasteiger partial charge is 0.480 e. The van der Waals surface area contributed by atoms with Gasteiger partial charge in [-0.15, -0.1) is 0 Å². The van der Waals surface area contributed by atoms with Gasteiger partial charge in [-0.05, 0) is 34.5 Å². The number of halogens is 2. The van der Waals surface area contributed by atoms with Gasteiger partial charge in [0.15, 0.2) is 6.10 Å². The highest BCUT2D eigenvalue weighted by molar-refractivity contribution is 9.11. The van der Waals surface area contributed by atoms with Gasteiger partial charge < -0.3 is 4.74 Å². The number of rotatable bonds is 1. The van der Waals surface area contributed by atoms with Gasteiger partial charge in [-0.1, -0.05) is 22.9 Å². The number of carbonyl (C=O) groups excluding carboxylic acids is 1. The number of benzene rings is 1. The molecule has 4 heteroatoms. The van der Waals surface area contributed by atoms with Crippen LogP contribution in [0.4, 0.5) is 0 Å². The predicted octanol–water partition coefficient (Wildman–Crippen LogP) is 3.57. The molecule has 1 heterocycles. The topological polar surface area (TPSA) is 26.3 Å². The second kappa shape index (κ2) is 3.66. The fourth-order valence-corrected chi connectivity index (χ4v) is 2.82. The van der Waals surface area contributed by atoms with E-state index in [9.17, 15) is 4.79 Å². The predicted molar refractivity (Wildman–Crippen MR) is 60.9 cm³/mol. The number of carbonyl (C=O) groups is 1. The quantitative estimate of drug-likeness (QED) is 0.791. The van der Waals surface area contributed by atoms with E-state index in [1.54, 1.807) is 6.07 Å². The van der Waals surface area contributed by atoms with Crippen LogP contribution < -0.4 is 4.74 Å². The zero-order chi connectivity index (χ0) is 10.3. The van der Waals surface area contributed by atoms with E-state index >= 15 is 0 Å². The molecule has 0 amide bonds. The SMILES string of the molecule is CCC1Oc2c(Br)cc(Br)cc2C1=O. The van der Waals surface area contributed by atoms with Gasteiger partial charge in [-0.25, -0.2) is 0 Å². The zero-order valence-electron chi connectivity index (χ0n) is 7.51. The highest BCUT2D eigenvalue weighted by atomic mass is 79.9. The average Bonchev–Trinajstić information content (AvgIpc) is 2.44. The van der Waals surface area contributed by atoms with Gasteiger partial charge in [0.05, 0.1) is 10.0 Å². The van der Waals surface area contributed by atoms with Crippen LogP contribution in [0, 0.1) is 0 Å². The van der Waals surface area contributed by atoms with Crippen molar-refractivity contribution in [3.63, 3.8) is 0 Å². The summed E-state index contributed by atoms with van der Waals surface area (Å²) in [6, 6.07) is 3.68. The molecule has 0 saturated carbocycles. The van der Waals surface area contributed by atoms with E-state index in [-0.39, 0.29) is 11.9 Å². The molecule has 0 aromatic heterocycles. The van der Waals surface area contributed by atoms with Gasteiger partial charge >= 0.3 is 0 Å². The number of hydrogen-bond acceptors (Lipinski definition) is 2. The number of fused-ring (bicyclic) bond motifs is 1. The lowest BCUT2D eigenvalue weighted by molar-refractivity contribution is 0.0852. The van der Waals surface area contributed by atoms with Crippen molar-refractivity contribution in [2.24, 2.45) is 0 Å². The van der Waals surface area contributed by atoms with E-state index in [1.807, 2.05) is 13.0 Å². The Morgan fingerprint density at radius 2 is 2.14 bits per heavy atom. The molecule has 1 aliphatic heterocycles. The van der Waals surface area contributed by atoms with Gasteiger partial charge in [0, 0.05) is 4.47 Å². The van der Waals surface area contributed by atoms with E-state index in [4.69, 9.17) is 4.74 Å². The van der Waals surface area contributed by atoms with E-state index in [0.29, 0.717) is 17.7 Å². The van der Waals surface area contributed by atoms with E-state index in [0.717, 1.165) is 8.95 Å². The van der Waals surface area contributed by atoms with Crippen LogP contribution in [0.3, 0.4) is 0 Å². The molecule has 1 aromatic rings. The van der Waals surface area contributed by atoms with Crippen LogP contribution in [0.5, 0.6) is 5.75 Å². The molecule has 0 radical (unpaired) electrons. The van der Waals surface area contributed by atoms with Crippen molar-refractivity contribution < 1.29 is 9.53 Å². The first-order chi connectivity index (χ1) is 6.63. The van der Waals surface area contributed by atoms with Crippen molar-refractivity contribution in [1.29, 1.82) is 0 Å². The Bertz CT molecular complexity index is 401. The van der Waals surface area contributed by atoms with Gasteiger partial charge in [0.1, 0.15) is 5.75 Å². The molecule has 0 bridgehead atoms. The van der Waals surface area contributed by atoms with E-state index < -0.39 is 0 Å². The smallest absolute Gasteiger partial charge is 0.207 e. The average molecular weight is 320 g/mol. The first kappa shape index (κ1) is 10.2. The van der Waals surface area contributed by atoms with Crippen LogP contribution in [-0.2, 0) is 0 Å². The zero-order valence-corrected chi connectivity index (χ0v) is 10.7. The van der Waals surface area contributed by atoms with Crippen LogP contribution in [0.1, 0.15) is 23.7 Å². The Balaban J connectivity index is 2.53.